The topological polar surface area (TPSA) is 133 Å². The molecule has 9 nitrogen and oxygen atoms in total. The number of rotatable bonds is 5. The Morgan fingerprint density at radius 1 is 1.57 bits per heavy atom. The maximum atomic E-state index is 12.9. The first kappa shape index (κ1) is 21.6. The maximum Gasteiger partial charge on any atom is 0.276 e. The number of aliphatic hydroxyl groups is 1. The molecule has 1 amide bonds. The van der Waals surface area contributed by atoms with E-state index in [1.807, 2.05) is 0 Å². The number of hydrogen-bond acceptors (Lipinski definition) is 6. The molecule has 3 rings (SSSR count). The van der Waals surface area contributed by atoms with Gasteiger partial charge < -0.3 is 19.7 Å². The SMILES string of the molecule is C=CC[C@@H](O)[C@@H]1COc2c(cn(C)c2C(=O)Nc2ccc(C)c(C#N)c2)S(=O)(=O)N1. The van der Waals surface area contributed by atoms with Crippen molar-refractivity contribution in [1.82, 2.24) is 9.29 Å². The van der Waals surface area contributed by atoms with E-state index in [1.165, 1.54) is 30.0 Å². The molecule has 1 aliphatic heterocycles. The highest BCUT2D eigenvalue weighted by molar-refractivity contribution is 7.89. The number of aromatic nitrogens is 1. The summed E-state index contributed by atoms with van der Waals surface area (Å²) in [5, 5.41) is 22.0. The minimum absolute atomic E-state index is 0.00770. The third kappa shape index (κ3) is 4.09. The monoisotopic (exact) mass is 430 g/mol. The molecule has 0 saturated carbocycles. The van der Waals surface area contributed by atoms with E-state index in [9.17, 15) is 23.6 Å². The molecule has 0 saturated heterocycles. The third-order valence-corrected chi connectivity index (χ3v) is 6.29. The Morgan fingerprint density at radius 3 is 2.97 bits per heavy atom. The molecule has 1 aromatic carbocycles. The highest BCUT2D eigenvalue weighted by Crippen LogP contribution is 2.33. The number of nitriles is 1. The van der Waals surface area contributed by atoms with E-state index in [1.54, 1.807) is 19.1 Å². The molecule has 0 bridgehead atoms. The van der Waals surface area contributed by atoms with E-state index in [-0.39, 0.29) is 29.4 Å². The highest BCUT2D eigenvalue weighted by Gasteiger charge is 2.36. The van der Waals surface area contributed by atoms with Gasteiger partial charge in [0.25, 0.3) is 5.91 Å². The standard InChI is InChI=1S/C20H22N4O5S/c1-4-5-16(25)15-11-29-19-17(30(27,28)23-15)10-24(3)18(19)20(26)22-14-7-6-12(2)13(8-14)9-21/h4,6-8,10,15-16,23,25H,1,5,11H2,2-3H3,(H,22,26)/t15-,16+/m0/s1. The molecule has 30 heavy (non-hydrogen) atoms. The molecule has 2 heterocycles. The fourth-order valence-electron chi connectivity index (χ4n) is 3.18. The van der Waals surface area contributed by atoms with E-state index in [2.05, 4.69) is 22.7 Å². The van der Waals surface area contributed by atoms with Crippen LogP contribution in [0.25, 0.3) is 0 Å². The lowest BCUT2D eigenvalue weighted by atomic mass is 10.1. The van der Waals surface area contributed by atoms with Gasteiger partial charge in [-0.05, 0) is 31.0 Å². The Balaban J connectivity index is 1.94. The van der Waals surface area contributed by atoms with Crippen LogP contribution in [-0.2, 0) is 17.1 Å². The second kappa shape index (κ2) is 8.31. The van der Waals surface area contributed by atoms with Crippen molar-refractivity contribution in [3.63, 3.8) is 0 Å². The van der Waals surface area contributed by atoms with Gasteiger partial charge in [-0.1, -0.05) is 12.1 Å². The number of ether oxygens (including phenoxy) is 1. The zero-order chi connectivity index (χ0) is 22.1. The van der Waals surface area contributed by atoms with Crippen molar-refractivity contribution in [1.29, 1.82) is 5.26 Å². The summed E-state index contributed by atoms with van der Waals surface area (Å²) in [6.07, 6.45) is 1.91. The van der Waals surface area contributed by atoms with E-state index >= 15 is 0 Å². The molecule has 0 spiro atoms. The number of benzene rings is 1. The Hall–Kier alpha value is -3.13. The van der Waals surface area contributed by atoms with Gasteiger partial charge in [-0.25, -0.2) is 13.1 Å². The van der Waals surface area contributed by atoms with Gasteiger partial charge in [-0.3, -0.25) is 4.79 Å². The Morgan fingerprint density at radius 2 is 2.30 bits per heavy atom. The summed E-state index contributed by atoms with van der Waals surface area (Å²) in [6.45, 7) is 5.16. The second-order valence-corrected chi connectivity index (χ2v) is 8.69. The van der Waals surface area contributed by atoms with Gasteiger partial charge in [-0.2, -0.15) is 5.26 Å². The van der Waals surface area contributed by atoms with Crippen molar-refractivity contribution >= 4 is 21.6 Å². The maximum absolute atomic E-state index is 12.9. The molecule has 2 atom stereocenters. The van der Waals surface area contributed by atoms with Crippen LogP contribution in [0.5, 0.6) is 5.75 Å². The number of carbonyl (C=O) groups is 1. The number of fused-ring (bicyclic) bond motifs is 1. The fourth-order valence-corrected chi connectivity index (χ4v) is 4.62. The van der Waals surface area contributed by atoms with Crippen LogP contribution in [0, 0.1) is 18.3 Å². The number of aryl methyl sites for hydroxylation is 2. The minimum atomic E-state index is -4.03. The van der Waals surface area contributed by atoms with Crippen molar-refractivity contribution in [2.45, 2.75) is 30.4 Å². The van der Waals surface area contributed by atoms with E-state index in [4.69, 9.17) is 4.74 Å². The number of amides is 1. The predicted octanol–water partition coefficient (Wildman–Crippen LogP) is 1.43. The van der Waals surface area contributed by atoms with Crippen LogP contribution in [0.4, 0.5) is 5.69 Å². The summed E-state index contributed by atoms with van der Waals surface area (Å²) < 4.78 is 35.0. The van der Waals surface area contributed by atoms with Crippen molar-refractivity contribution in [2.75, 3.05) is 11.9 Å². The molecular formula is C20H22N4O5S. The number of carbonyl (C=O) groups excluding carboxylic acids is 1. The molecule has 10 heteroatoms. The smallest absolute Gasteiger partial charge is 0.276 e. The minimum Gasteiger partial charge on any atom is -0.488 e. The number of nitrogens with one attached hydrogen (secondary N) is 2. The normalized spacial score (nSPS) is 18.3. The van der Waals surface area contributed by atoms with Crippen LogP contribution in [0.3, 0.4) is 0 Å². The van der Waals surface area contributed by atoms with Gasteiger partial charge in [-0.15, -0.1) is 6.58 Å². The number of anilines is 1. The summed E-state index contributed by atoms with van der Waals surface area (Å²) in [5.74, 6) is -0.685. The summed E-state index contributed by atoms with van der Waals surface area (Å²) in [4.78, 5) is 12.7. The fraction of sp³-hybridized carbons (Fsp3) is 0.300. The Kier molecular flexibility index (Phi) is 5.98. The second-order valence-electron chi connectivity index (χ2n) is 7.01. The molecule has 2 aromatic rings. The predicted molar refractivity (Wildman–Crippen MR) is 110 cm³/mol. The lowest BCUT2D eigenvalue weighted by Gasteiger charge is -2.20. The van der Waals surface area contributed by atoms with E-state index < -0.39 is 28.1 Å². The van der Waals surface area contributed by atoms with Crippen LogP contribution in [0.1, 0.15) is 28.0 Å². The van der Waals surface area contributed by atoms with Crippen LogP contribution in [0.15, 0.2) is 41.9 Å². The molecule has 3 N–H and O–H groups in total. The van der Waals surface area contributed by atoms with Gasteiger partial charge >= 0.3 is 0 Å². The van der Waals surface area contributed by atoms with Gasteiger partial charge in [0, 0.05) is 18.9 Å². The van der Waals surface area contributed by atoms with Crippen molar-refractivity contribution in [3.8, 4) is 11.8 Å². The molecule has 1 aromatic heterocycles. The van der Waals surface area contributed by atoms with Crippen LogP contribution < -0.4 is 14.8 Å². The van der Waals surface area contributed by atoms with Crippen LogP contribution in [-0.4, -0.2) is 42.8 Å². The Bertz CT molecular complexity index is 1150. The molecular weight excluding hydrogens is 408 g/mol. The molecule has 0 unspecified atom stereocenters. The summed E-state index contributed by atoms with van der Waals surface area (Å²) >= 11 is 0. The largest absolute Gasteiger partial charge is 0.488 e. The van der Waals surface area contributed by atoms with Crippen LogP contribution >= 0.6 is 0 Å². The lowest BCUT2D eigenvalue weighted by molar-refractivity contribution is 0.0999. The van der Waals surface area contributed by atoms with E-state index in [0.717, 1.165) is 5.56 Å². The van der Waals surface area contributed by atoms with Crippen molar-refractivity contribution in [3.05, 3.63) is 53.9 Å². The van der Waals surface area contributed by atoms with Gasteiger partial charge in [0.05, 0.1) is 23.8 Å². The Labute approximate surface area is 174 Å². The number of sulfonamides is 1. The first-order valence-corrected chi connectivity index (χ1v) is 10.6. The molecule has 1 aliphatic rings. The van der Waals surface area contributed by atoms with Gasteiger partial charge in [0.15, 0.2) is 11.4 Å². The number of aliphatic hydroxyl groups excluding tert-OH is 1. The molecule has 0 radical (unpaired) electrons. The summed E-state index contributed by atoms with van der Waals surface area (Å²) in [7, 11) is -2.50. The molecule has 158 valence electrons. The zero-order valence-electron chi connectivity index (χ0n) is 16.5. The molecule has 0 fully saturated rings. The number of hydrogen-bond donors (Lipinski definition) is 3. The van der Waals surface area contributed by atoms with Crippen LogP contribution in [0.2, 0.25) is 0 Å². The van der Waals surface area contributed by atoms with Crippen molar-refractivity contribution in [2.24, 2.45) is 7.05 Å². The van der Waals surface area contributed by atoms with Gasteiger partial charge in [0.2, 0.25) is 10.0 Å². The summed E-state index contributed by atoms with van der Waals surface area (Å²) in [5.41, 5.74) is 1.59. The lowest BCUT2D eigenvalue weighted by Crippen LogP contribution is -2.45. The third-order valence-electron chi connectivity index (χ3n) is 4.81. The highest BCUT2D eigenvalue weighted by atomic mass is 32.2. The first-order chi connectivity index (χ1) is 14.2. The average Bonchev–Trinajstić information content (AvgIpc) is 2.97. The number of nitrogens with zero attached hydrogens (tertiary/aromatic N) is 2. The average molecular weight is 430 g/mol. The zero-order valence-corrected chi connectivity index (χ0v) is 17.4. The van der Waals surface area contributed by atoms with E-state index in [0.29, 0.717) is 11.3 Å². The van der Waals surface area contributed by atoms with Gasteiger partial charge in [0.1, 0.15) is 11.5 Å². The molecule has 0 aliphatic carbocycles. The van der Waals surface area contributed by atoms with Crippen molar-refractivity contribution < 1.29 is 23.1 Å². The summed E-state index contributed by atoms with van der Waals surface area (Å²) in [6, 6.07) is 6.05. The first-order valence-electron chi connectivity index (χ1n) is 9.13. The quantitative estimate of drug-likeness (QED) is 0.615.